The van der Waals surface area contributed by atoms with E-state index in [1.807, 2.05) is 12.1 Å². The Labute approximate surface area is 124 Å². The van der Waals surface area contributed by atoms with Gasteiger partial charge in [-0.3, -0.25) is 14.6 Å². The highest BCUT2D eigenvalue weighted by molar-refractivity contribution is 9.10. The lowest BCUT2D eigenvalue weighted by Crippen LogP contribution is -2.33. The van der Waals surface area contributed by atoms with Crippen LogP contribution in [0.25, 0.3) is 10.9 Å². The van der Waals surface area contributed by atoms with Crippen molar-refractivity contribution >= 4 is 38.7 Å². The summed E-state index contributed by atoms with van der Waals surface area (Å²) in [7, 11) is 1.30. The molecule has 1 heterocycles. The van der Waals surface area contributed by atoms with Crippen molar-refractivity contribution in [3.8, 4) is 0 Å². The van der Waals surface area contributed by atoms with E-state index < -0.39 is 10.8 Å². The first kappa shape index (κ1) is 14.5. The largest absolute Gasteiger partial charge is 0.468 e. The summed E-state index contributed by atoms with van der Waals surface area (Å²) in [5.74, 6) is -0.669. The number of esters is 1. The first-order chi connectivity index (χ1) is 9.61. The first-order valence-electron chi connectivity index (χ1n) is 5.96. The zero-order valence-corrected chi connectivity index (χ0v) is 12.4. The Morgan fingerprint density at radius 2 is 2.20 bits per heavy atom. The molecule has 0 fully saturated rings. The zero-order chi connectivity index (χ0) is 14.5. The number of rotatable bonds is 4. The highest BCUT2D eigenvalue weighted by Crippen LogP contribution is 2.13. The Morgan fingerprint density at radius 3 is 2.95 bits per heavy atom. The summed E-state index contributed by atoms with van der Waals surface area (Å²) < 4.78 is 4.56. The lowest BCUT2D eigenvalue weighted by atomic mass is 10.1. The molecule has 0 saturated heterocycles. The Balaban J connectivity index is 2.06. The molecule has 1 N–H and O–H groups in total. The molecule has 6 heteroatoms. The van der Waals surface area contributed by atoms with Crippen LogP contribution >= 0.6 is 15.9 Å². The third-order valence-electron chi connectivity index (χ3n) is 2.76. The third-order valence-corrected chi connectivity index (χ3v) is 3.46. The Bertz CT molecular complexity index is 645. The monoisotopic (exact) mass is 336 g/mol. The number of hydrogen-bond donors (Lipinski definition) is 1. The molecule has 2 rings (SSSR count). The number of methoxy groups -OCH3 is 1. The minimum Gasteiger partial charge on any atom is -0.468 e. The number of hydrogen-bond acceptors (Lipinski definition) is 4. The van der Waals surface area contributed by atoms with Crippen LogP contribution in [0.5, 0.6) is 0 Å². The van der Waals surface area contributed by atoms with E-state index >= 15 is 0 Å². The van der Waals surface area contributed by atoms with Gasteiger partial charge >= 0.3 is 5.97 Å². The number of carbonyl (C=O) groups excluding carboxylic acids is 2. The van der Waals surface area contributed by atoms with Crippen LogP contribution in [-0.4, -0.2) is 35.3 Å². The fourth-order valence-electron chi connectivity index (χ4n) is 1.71. The maximum atomic E-state index is 12.0. The third kappa shape index (κ3) is 3.33. The number of nitrogens with one attached hydrogen (secondary N) is 1. The molecule has 0 radical (unpaired) electrons. The average Bonchev–Trinajstić information content (AvgIpc) is 2.50. The Kier molecular flexibility index (Phi) is 4.68. The van der Waals surface area contributed by atoms with E-state index in [-0.39, 0.29) is 12.5 Å². The summed E-state index contributed by atoms with van der Waals surface area (Å²) in [6.45, 7) is 0.163. The Morgan fingerprint density at radius 1 is 1.40 bits per heavy atom. The summed E-state index contributed by atoms with van der Waals surface area (Å²) in [4.78, 5) is 26.8. The normalized spacial score (nSPS) is 11.9. The van der Waals surface area contributed by atoms with Crippen molar-refractivity contribution in [2.75, 3.05) is 13.7 Å². The molecule has 0 spiro atoms. The van der Waals surface area contributed by atoms with Gasteiger partial charge in [0.2, 0.25) is 0 Å². The molecule has 1 unspecified atom stereocenters. The van der Waals surface area contributed by atoms with Gasteiger partial charge in [0.15, 0.2) is 0 Å². The number of benzene rings is 1. The predicted molar refractivity (Wildman–Crippen MR) is 78.8 cm³/mol. The van der Waals surface area contributed by atoms with Crippen molar-refractivity contribution in [1.29, 1.82) is 0 Å². The zero-order valence-electron chi connectivity index (χ0n) is 10.8. The van der Waals surface area contributed by atoms with Crippen molar-refractivity contribution in [1.82, 2.24) is 10.3 Å². The molecule has 5 nitrogen and oxygen atoms in total. The fraction of sp³-hybridized carbons (Fsp3) is 0.214. The second-order valence-electron chi connectivity index (χ2n) is 4.11. The number of fused-ring (bicyclic) bond motifs is 1. The molecule has 1 amide bonds. The van der Waals surface area contributed by atoms with Crippen molar-refractivity contribution in [3.05, 3.63) is 42.1 Å². The molecule has 0 aliphatic rings. The van der Waals surface area contributed by atoms with E-state index in [9.17, 15) is 9.59 Å². The SMILES string of the molecule is COC(=O)C(Br)CNC(=O)c1ccc2ncccc2c1. The lowest BCUT2D eigenvalue weighted by molar-refractivity contribution is -0.139. The number of alkyl halides is 1. The molecule has 0 aliphatic carbocycles. The van der Waals surface area contributed by atoms with Crippen molar-refractivity contribution in [2.24, 2.45) is 0 Å². The number of nitrogens with zero attached hydrogens (tertiary/aromatic N) is 1. The van der Waals surface area contributed by atoms with Gasteiger partial charge in [0.05, 0.1) is 12.6 Å². The van der Waals surface area contributed by atoms with Gasteiger partial charge in [-0.2, -0.15) is 0 Å². The molecule has 104 valence electrons. The topological polar surface area (TPSA) is 68.3 Å². The molecule has 1 aromatic carbocycles. The average molecular weight is 337 g/mol. The van der Waals surface area contributed by atoms with Gasteiger partial charge in [-0.25, -0.2) is 0 Å². The maximum Gasteiger partial charge on any atom is 0.321 e. The number of amides is 1. The molecule has 1 aromatic heterocycles. The van der Waals surface area contributed by atoms with E-state index in [0.717, 1.165) is 10.9 Å². The molecular formula is C14H13BrN2O3. The molecule has 1 atom stereocenters. The van der Waals surface area contributed by atoms with E-state index in [1.54, 1.807) is 24.4 Å². The van der Waals surface area contributed by atoms with Crippen LogP contribution in [0.2, 0.25) is 0 Å². The van der Waals surface area contributed by atoms with Crippen LogP contribution in [0, 0.1) is 0 Å². The number of carbonyl (C=O) groups is 2. The molecule has 20 heavy (non-hydrogen) atoms. The van der Waals surface area contributed by atoms with Gasteiger partial charge in [0.1, 0.15) is 4.83 Å². The standard InChI is InChI=1S/C14H13BrN2O3/c1-20-14(19)11(15)8-17-13(18)10-4-5-12-9(7-10)3-2-6-16-12/h2-7,11H,8H2,1H3,(H,17,18). The van der Waals surface area contributed by atoms with Crippen LogP contribution in [-0.2, 0) is 9.53 Å². The number of halogens is 1. The van der Waals surface area contributed by atoms with Gasteiger partial charge in [0.25, 0.3) is 5.91 Å². The second-order valence-corrected chi connectivity index (χ2v) is 5.22. The molecule has 0 aliphatic heterocycles. The fourth-order valence-corrected chi connectivity index (χ4v) is 2.06. The van der Waals surface area contributed by atoms with Gasteiger partial charge in [-0.15, -0.1) is 0 Å². The highest BCUT2D eigenvalue weighted by atomic mass is 79.9. The molecule has 0 bridgehead atoms. The summed E-state index contributed by atoms with van der Waals surface area (Å²) in [5, 5.41) is 3.56. The van der Waals surface area contributed by atoms with Crippen molar-refractivity contribution < 1.29 is 14.3 Å². The number of pyridine rings is 1. The van der Waals surface area contributed by atoms with E-state index in [2.05, 4.69) is 31.0 Å². The van der Waals surface area contributed by atoms with E-state index in [0.29, 0.717) is 5.56 Å². The van der Waals surface area contributed by atoms with Gasteiger partial charge in [0, 0.05) is 23.7 Å². The summed E-state index contributed by atoms with van der Waals surface area (Å²) in [6.07, 6.45) is 1.70. The van der Waals surface area contributed by atoms with Crippen molar-refractivity contribution in [3.63, 3.8) is 0 Å². The minimum atomic E-state index is -0.557. The maximum absolute atomic E-state index is 12.0. The van der Waals surface area contributed by atoms with Crippen LogP contribution in [0.3, 0.4) is 0 Å². The van der Waals surface area contributed by atoms with E-state index in [1.165, 1.54) is 7.11 Å². The number of aromatic nitrogens is 1. The predicted octanol–water partition coefficient (Wildman–Crippen LogP) is 1.90. The quantitative estimate of drug-likeness (QED) is 0.684. The van der Waals surface area contributed by atoms with Crippen molar-refractivity contribution in [2.45, 2.75) is 4.83 Å². The van der Waals surface area contributed by atoms with E-state index in [4.69, 9.17) is 0 Å². The highest BCUT2D eigenvalue weighted by Gasteiger charge is 2.16. The Hall–Kier alpha value is -1.95. The first-order valence-corrected chi connectivity index (χ1v) is 6.88. The van der Waals surface area contributed by atoms with Gasteiger partial charge < -0.3 is 10.1 Å². The van der Waals surface area contributed by atoms with Crippen LogP contribution < -0.4 is 5.32 Å². The molecular weight excluding hydrogens is 324 g/mol. The smallest absolute Gasteiger partial charge is 0.321 e. The molecule has 0 saturated carbocycles. The van der Waals surface area contributed by atoms with Gasteiger partial charge in [-0.05, 0) is 24.3 Å². The number of ether oxygens (including phenoxy) is 1. The van der Waals surface area contributed by atoms with Crippen LogP contribution in [0.15, 0.2) is 36.5 Å². The summed E-state index contributed by atoms with van der Waals surface area (Å²) >= 11 is 3.15. The molecule has 2 aromatic rings. The minimum absolute atomic E-state index is 0.163. The summed E-state index contributed by atoms with van der Waals surface area (Å²) in [5.41, 5.74) is 1.35. The van der Waals surface area contributed by atoms with Gasteiger partial charge in [-0.1, -0.05) is 22.0 Å². The second kappa shape index (κ2) is 6.47. The lowest BCUT2D eigenvalue weighted by Gasteiger charge is -2.09. The van der Waals surface area contributed by atoms with Crippen LogP contribution in [0.1, 0.15) is 10.4 Å². The van der Waals surface area contributed by atoms with Crippen LogP contribution in [0.4, 0.5) is 0 Å². The summed E-state index contributed by atoms with van der Waals surface area (Å²) in [6, 6.07) is 8.96.